The van der Waals surface area contributed by atoms with E-state index in [9.17, 15) is 13.2 Å². The second kappa shape index (κ2) is 8.88. The summed E-state index contributed by atoms with van der Waals surface area (Å²) >= 11 is 0. The Morgan fingerprint density at radius 2 is 1.70 bits per heavy atom. The van der Waals surface area contributed by atoms with E-state index in [2.05, 4.69) is 5.32 Å². The van der Waals surface area contributed by atoms with E-state index in [-0.39, 0.29) is 10.8 Å². The zero-order valence-electron chi connectivity index (χ0n) is 15.7. The minimum absolute atomic E-state index is 0.0993. The van der Waals surface area contributed by atoms with Gasteiger partial charge in [-0.3, -0.25) is 4.79 Å². The Hall–Kier alpha value is -2.58. The highest BCUT2D eigenvalue weighted by Gasteiger charge is 2.23. The quantitative estimate of drug-likeness (QED) is 0.674. The van der Waals surface area contributed by atoms with Gasteiger partial charge in [0.05, 0.1) is 17.2 Å². The maximum Gasteiger partial charge on any atom is 0.255 e. The Morgan fingerprint density at radius 1 is 1.07 bits per heavy atom. The van der Waals surface area contributed by atoms with Crippen LogP contribution in [0.1, 0.15) is 31.1 Å². The van der Waals surface area contributed by atoms with E-state index >= 15 is 0 Å². The number of hydrogen-bond donors (Lipinski definition) is 2. The average molecular weight is 391 g/mol. The van der Waals surface area contributed by atoms with Gasteiger partial charge < -0.3 is 15.8 Å². The normalized spacial score (nSPS) is 11.4. The molecule has 0 bridgehead atoms. The Morgan fingerprint density at radius 3 is 2.26 bits per heavy atom. The number of nitrogens with zero attached hydrogens (tertiary/aromatic N) is 1. The van der Waals surface area contributed by atoms with Crippen molar-refractivity contribution < 1.29 is 17.9 Å². The van der Waals surface area contributed by atoms with Gasteiger partial charge in [-0.2, -0.15) is 4.31 Å². The van der Waals surface area contributed by atoms with E-state index in [4.69, 9.17) is 10.5 Å². The van der Waals surface area contributed by atoms with Gasteiger partial charge >= 0.3 is 0 Å². The molecule has 1 amide bonds. The van der Waals surface area contributed by atoms with Crippen LogP contribution in [0.2, 0.25) is 0 Å². The third-order valence-corrected chi connectivity index (χ3v) is 6.06. The maximum atomic E-state index is 12.8. The van der Waals surface area contributed by atoms with Crippen LogP contribution in [-0.4, -0.2) is 38.3 Å². The Labute approximate surface area is 160 Å². The van der Waals surface area contributed by atoms with Crippen LogP contribution in [0.3, 0.4) is 0 Å². The molecular formula is C19H25N3O4S. The number of nitrogens with two attached hydrogens (primary N) is 1. The van der Waals surface area contributed by atoms with Crippen molar-refractivity contribution in [3.8, 4) is 5.75 Å². The maximum absolute atomic E-state index is 12.8. The molecule has 3 N–H and O–H groups in total. The standard InChI is InChI=1S/C19H25N3O4S/c1-4-22(5-2)27(24,25)16-11-12-18(26-6-3)17(13-16)21-19(23)14-7-9-15(20)10-8-14/h7-13H,4-6,20H2,1-3H3,(H,21,23). The number of nitrogens with one attached hydrogen (secondary N) is 1. The van der Waals surface area contributed by atoms with Crippen molar-refractivity contribution in [2.24, 2.45) is 0 Å². The molecule has 0 aromatic heterocycles. The fraction of sp³-hybridized carbons (Fsp3) is 0.316. The number of rotatable bonds is 8. The number of nitrogen functional groups attached to an aromatic ring is 1. The first-order valence-corrected chi connectivity index (χ1v) is 10.2. The van der Waals surface area contributed by atoms with Crippen molar-refractivity contribution in [3.05, 3.63) is 48.0 Å². The molecule has 0 spiro atoms. The van der Waals surface area contributed by atoms with Crippen LogP contribution in [0.15, 0.2) is 47.4 Å². The lowest BCUT2D eigenvalue weighted by Crippen LogP contribution is -2.30. The third-order valence-electron chi connectivity index (χ3n) is 4.02. The van der Waals surface area contributed by atoms with Crippen LogP contribution in [0.5, 0.6) is 5.75 Å². The van der Waals surface area contributed by atoms with Crippen LogP contribution < -0.4 is 15.8 Å². The molecular weight excluding hydrogens is 366 g/mol. The molecule has 0 heterocycles. The van der Waals surface area contributed by atoms with E-state index in [1.54, 1.807) is 44.2 Å². The number of carbonyl (C=O) groups is 1. The lowest BCUT2D eigenvalue weighted by Gasteiger charge is -2.20. The van der Waals surface area contributed by atoms with Gasteiger partial charge in [-0.15, -0.1) is 0 Å². The van der Waals surface area contributed by atoms with E-state index in [0.717, 1.165) is 0 Å². The molecule has 8 heteroatoms. The number of carbonyl (C=O) groups excluding carboxylic acids is 1. The van der Waals surface area contributed by atoms with Crippen molar-refractivity contribution in [3.63, 3.8) is 0 Å². The van der Waals surface area contributed by atoms with Gasteiger partial charge in [-0.1, -0.05) is 13.8 Å². The molecule has 0 radical (unpaired) electrons. The number of benzene rings is 2. The topological polar surface area (TPSA) is 102 Å². The largest absolute Gasteiger partial charge is 0.492 e. The summed E-state index contributed by atoms with van der Waals surface area (Å²) in [6.45, 7) is 6.47. The summed E-state index contributed by atoms with van der Waals surface area (Å²) in [6.07, 6.45) is 0. The molecule has 27 heavy (non-hydrogen) atoms. The Kier molecular flexibility index (Phi) is 6.81. The monoisotopic (exact) mass is 391 g/mol. The van der Waals surface area contributed by atoms with Crippen molar-refractivity contribution in [1.82, 2.24) is 4.31 Å². The molecule has 0 saturated carbocycles. The van der Waals surface area contributed by atoms with Crippen LogP contribution >= 0.6 is 0 Å². The molecule has 0 atom stereocenters. The highest BCUT2D eigenvalue weighted by molar-refractivity contribution is 7.89. The zero-order valence-corrected chi connectivity index (χ0v) is 16.5. The van der Waals surface area contributed by atoms with Crippen LogP contribution in [-0.2, 0) is 10.0 Å². The number of hydrogen-bond acceptors (Lipinski definition) is 5. The number of amides is 1. The van der Waals surface area contributed by atoms with Gasteiger partial charge in [0.1, 0.15) is 5.75 Å². The molecule has 0 aliphatic rings. The first-order chi connectivity index (χ1) is 12.8. The second-order valence-electron chi connectivity index (χ2n) is 5.76. The minimum Gasteiger partial charge on any atom is -0.492 e. The highest BCUT2D eigenvalue weighted by atomic mass is 32.2. The first kappa shape index (κ1) is 20.7. The Bertz CT molecular complexity index is 892. The van der Waals surface area contributed by atoms with E-state index in [1.807, 2.05) is 6.92 Å². The number of sulfonamides is 1. The number of ether oxygens (including phenoxy) is 1. The van der Waals surface area contributed by atoms with Crippen molar-refractivity contribution in [2.45, 2.75) is 25.7 Å². The molecule has 146 valence electrons. The van der Waals surface area contributed by atoms with Crippen LogP contribution in [0, 0.1) is 0 Å². The predicted molar refractivity (Wildman–Crippen MR) is 107 cm³/mol. The summed E-state index contributed by atoms with van der Waals surface area (Å²) in [6, 6.07) is 10.9. The summed E-state index contributed by atoms with van der Waals surface area (Å²) in [5.41, 5.74) is 6.90. The molecule has 2 aromatic carbocycles. The minimum atomic E-state index is -3.65. The van der Waals surface area contributed by atoms with Gasteiger partial charge in [-0.25, -0.2) is 8.42 Å². The van der Waals surface area contributed by atoms with Crippen molar-refractivity contribution >= 4 is 27.3 Å². The van der Waals surface area contributed by atoms with Gasteiger partial charge in [0.2, 0.25) is 10.0 Å². The second-order valence-corrected chi connectivity index (χ2v) is 7.69. The average Bonchev–Trinajstić information content (AvgIpc) is 2.64. The summed E-state index contributed by atoms with van der Waals surface area (Å²) in [5.74, 6) is 0.0214. The van der Waals surface area contributed by atoms with Crippen LogP contribution in [0.4, 0.5) is 11.4 Å². The highest BCUT2D eigenvalue weighted by Crippen LogP contribution is 2.29. The van der Waals surface area contributed by atoms with E-state index in [0.29, 0.717) is 42.4 Å². The number of anilines is 2. The van der Waals surface area contributed by atoms with Crippen molar-refractivity contribution in [2.75, 3.05) is 30.7 Å². The summed E-state index contributed by atoms with van der Waals surface area (Å²) in [7, 11) is -3.65. The molecule has 2 aromatic rings. The zero-order chi connectivity index (χ0) is 20.0. The Balaban J connectivity index is 2.41. The third kappa shape index (κ3) is 4.78. The molecule has 0 aliphatic heterocycles. The smallest absolute Gasteiger partial charge is 0.255 e. The predicted octanol–water partition coefficient (Wildman–Crippen LogP) is 2.95. The fourth-order valence-corrected chi connectivity index (χ4v) is 4.07. The van der Waals surface area contributed by atoms with Crippen molar-refractivity contribution in [1.29, 1.82) is 0 Å². The lowest BCUT2D eigenvalue weighted by molar-refractivity contribution is 0.102. The summed E-state index contributed by atoms with van der Waals surface area (Å²) in [4.78, 5) is 12.6. The molecule has 0 aliphatic carbocycles. The molecule has 2 rings (SSSR count). The van der Waals surface area contributed by atoms with E-state index in [1.165, 1.54) is 16.4 Å². The van der Waals surface area contributed by atoms with Crippen LogP contribution in [0.25, 0.3) is 0 Å². The first-order valence-electron chi connectivity index (χ1n) is 8.77. The molecule has 7 nitrogen and oxygen atoms in total. The van der Waals surface area contributed by atoms with Gasteiger partial charge in [0, 0.05) is 24.3 Å². The SMILES string of the molecule is CCOc1ccc(S(=O)(=O)N(CC)CC)cc1NC(=O)c1ccc(N)cc1. The van der Waals surface area contributed by atoms with E-state index < -0.39 is 10.0 Å². The molecule has 0 saturated heterocycles. The summed E-state index contributed by atoms with van der Waals surface area (Å²) in [5, 5.41) is 2.73. The van der Waals surface area contributed by atoms with Gasteiger partial charge in [0.15, 0.2) is 0 Å². The van der Waals surface area contributed by atoms with Gasteiger partial charge in [0.25, 0.3) is 5.91 Å². The fourth-order valence-electron chi connectivity index (χ4n) is 2.59. The molecule has 0 fully saturated rings. The molecule has 0 unspecified atom stereocenters. The summed E-state index contributed by atoms with van der Waals surface area (Å²) < 4.78 is 32.4. The van der Waals surface area contributed by atoms with Gasteiger partial charge in [-0.05, 0) is 49.4 Å². The lowest BCUT2D eigenvalue weighted by atomic mass is 10.2.